The number of likely N-dealkylation sites (N-methyl/N-ethyl adjacent to an activating group) is 1. The number of nitrogens with zero attached hydrogens (tertiary/aromatic N) is 3. The molecule has 0 bridgehead atoms. The van der Waals surface area contributed by atoms with Gasteiger partial charge in [0.15, 0.2) is 0 Å². The highest BCUT2D eigenvalue weighted by Gasteiger charge is 2.25. The van der Waals surface area contributed by atoms with Crippen LogP contribution in [0.15, 0.2) is 0 Å². The third kappa shape index (κ3) is 2.33. The molecule has 0 spiro atoms. The highest BCUT2D eigenvalue weighted by atomic mass is 16.5. The van der Waals surface area contributed by atoms with Gasteiger partial charge in [0.1, 0.15) is 5.69 Å². The van der Waals surface area contributed by atoms with Gasteiger partial charge in [0.25, 0.3) is 5.91 Å². The van der Waals surface area contributed by atoms with Gasteiger partial charge in [0.2, 0.25) is 0 Å². The minimum absolute atomic E-state index is 0.105. The Labute approximate surface area is 107 Å². The molecule has 0 aromatic carbocycles. The van der Waals surface area contributed by atoms with E-state index in [0.29, 0.717) is 23.6 Å². The molecule has 1 aromatic rings. The van der Waals surface area contributed by atoms with Crippen molar-refractivity contribution in [3.05, 3.63) is 11.4 Å². The van der Waals surface area contributed by atoms with Gasteiger partial charge in [-0.1, -0.05) is 0 Å². The zero-order valence-electron chi connectivity index (χ0n) is 11.1. The van der Waals surface area contributed by atoms with Crippen molar-refractivity contribution in [2.45, 2.75) is 25.9 Å². The normalized spacial score (nSPS) is 19.2. The summed E-state index contributed by atoms with van der Waals surface area (Å²) in [7, 11) is 3.50. The van der Waals surface area contributed by atoms with E-state index in [1.54, 1.807) is 30.6 Å². The fraction of sp³-hybridized carbons (Fsp3) is 0.667. The predicted octanol–water partition coefficient (Wildman–Crippen LogP) is 0.562. The second-order valence-electron chi connectivity index (χ2n) is 4.79. The molecule has 1 aromatic heterocycles. The van der Waals surface area contributed by atoms with Crippen LogP contribution in [0, 0.1) is 6.92 Å². The fourth-order valence-corrected chi connectivity index (χ4v) is 2.29. The molecule has 1 amide bonds. The van der Waals surface area contributed by atoms with Crippen LogP contribution in [-0.2, 0) is 11.8 Å². The number of amides is 1. The minimum Gasteiger partial charge on any atom is -0.395 e. The highest BCUT2D eigenvalue weighted by Crippen LogP contribution is 2.18. The van der Waals surface area contributed by atoms with Crippen molar-refractivity contribution in [1.82, 2.24) is 14.7 Å². The Morgan fingerprint density at radius 2 is 2.39 bits per heavy atom. The van der Waals surface area contributed by atoms with Gasteiger partial charge in [-0.2, -0.15) is 5.10 Å². The molecule has 2 rings (SSSR count). The van der Waals surface area contributed by atoms with Crippen molar-refractivity contribution in [3.63, 3.8) is 0 Å². The third-order valence-corrected chi connectivity index (χ3v) is 3.32. The van der Waals surface area contributed by atoms with Crippen LogP contribution in [0.5, 0.6) is 0 Å². The van der Waals surface area contributed by atoms with E-state index in [0.717, 1.165) is 19.4 Å². The molecular formula is C12H20N4O2. The Balaban J connectivity index is 2.10. The SMILES string of the molecule is Cc1nn(C)c(C(=O)N(C)CC2CCCO2)c1N. The largest absolute Gasteiger partial charge is 0.395 e. The number of aromatic nitrogens is 2. The lowest BCUT2D eigenvalue weighted by Crippen LogP contribution is -2.35. The predicted molar refractivity (Wildman–Crippen MR) is 68.3 cm³/mol. The molecule has 0 saturated carbocycles. The quantitative estimate of drug-likeness (QED) is 0.853. The number of carbonyl (C=O) groups is 1. The van der Waals surface area contributed by atoms with Crippen molar-refractivity contribution in [2.24, 2.45) is 7.05 Å². The maximum Gasteiger partial charge on any atom is 0.274 e. The van der Waals surface area contributed by atoms with Crippen LogP contribution < -0.4 is 5.73 Å². The van der Waals surface area contributed by atoms with Gasteiger partial charge in [-0.05, 0) is 19.8 Å². The number of hydrogen-bond acceptors (Lipinski definition) is 4. The number of rotatable bonds is 3. The molecule has 1 fully saturated rings. The van der Waals surface area contributed by atoms with E-state index < -0.39 is 0 Å². The first-order valence-corrected chi connectivity index (χ1v) is 6.17. The number of nitrogen functional groups attached to an aromatic ring is 1. The zero-order valence-corrected chi connectivity index (χ0v) is 11.1. The second-order valence-corrected chi connectivity index (χ2v) is 4.79. The zero-order chi connectivity index (χ0) is 13.3. The van der Waals surface area contributed by atoms with Crippen LogP contribution in [0.2, 0.25) is 0 Å². The average molecular weight is 252 g/mol. The van der Waals surface area contributed by atoms with Crippen LogP contribution in [0.3, 0.4) is 0 Å². The second kappa shape index (κ2) is 4.97. The first-order valence-electron chi connectivity index (χ1n) is 6.17. The molecule has 2 heterocycles. The highest BCUT2D eigenvalue weighted by molar-refractivity contribution is 5.97. The maximum absolute atomic E-state index is 12.3. The van der Waals surface area contributed by atoms with E-state index >= 15 is 0 Å². The maximum atomic E-state index is 12.3. The monoisotopic (exact) mass is 252 g/mol. The van der Waals surface area contributed by atoms with E-state index in [1.165, 1.54) is 0 Å². The molecule has 6 heteroatoms. The summed E-state index contributed by atoms with van der Waals surface area (Å²) in [5, 5.41) is 4.16. The molecule has 1 aliphatic rings. The molecule has 1 atom stereocenters. The molecule has 0 aliphatic carbocycles. The summed E-state index contributed by atoms with van der Waals surface area (Å²) in [6, 6.07) is 0. The lowest BCUT2D eigenvalue weighted by molar-refractivity contribution is 0.0579. The van der Waals surface area contributed by atoms with E-state index in [4.69, 9.17) is 10.5 Å². The van der Waals surface area contributed by atoms with Crippen molar-refractivity contribution >= 4 is 11.6 Å². The van der Waals surface area contributed by atoms with Gasteiger partial charge in [-0.25, -0.2) is 0 Å². The molecule has 18 heavy (non-hydrogen) atoms. The molecule has 1 aliphatic heterocycles. The van der Waals surface area contributed by atoms with Crippen molar-refractivity contribution in [3.8, 4) is 0 Å². The molecular weight excluding hydrogens is 232 g/mol. The number of hydrogen-bond donors (Lipinski definition) is 1. The topological polar surface area (TPSA) is 73.4 Å². The van der Waals surface area contributed by atoms with Crippen LogP contribution in [-0.4, -0.2) is 46.9 Å². The number of nitrogens with two attached hydrogens (primary N) is 1. The Kier molecular flexibility index (Phi) is 3.56. The smallest absolute Gasteiger partial charge is 0.274 e. The number of aryl methyl sites for hydroxylation is 2. The number of carbonyl (C=O) groups excluding carboxylic acids is 1. The Bertz CT molecular complexity index is 449. The molecule has 1 unspecified atom stereocenters. The van der Waals surface area contributed by atoms with Gasteiger partial charge in [0.05, 0.1) is 17.5 Å². The average Bonchev–Trinajstić information content (AvgIpc) is 2.88. The number of ether oxygens (including phenoxy) is 1. The summed E-state index contributed by atoms with van der Waals surface area (Å²) in [5.41, 5.74) is 7.49. The summed E-state index contributed by atoms with van der Waals surface area (Å²) in [6.45, 7) is 3.19. The van der Waals surface area contributed by atoms with Crippen molar-refractivity contribution in [1.29, 1.82) is 0 Å². The molecule has 0 radical (unpaired) electrons. The summed E-state index contributed by atoms with van der Waals surface area (Å²) in [6.07, 6.45) is 2.23. The van der Waals surface area contributed by atoms with Gasteiger partial charge in [-0.3, -0.25) is 9.48 Å². The summed E-state index contributed by atoms with van der Waals surface area (Å²) >= 11 is 0. The van der Waals surface area contributed by atoms with Crippen molar-refractivity contribution in [2.75, 3.05) is 25.9 Å². The standard InChI is InChI=1S/C12H20N4O2/c1-8-10(13)11(16(3)14-8)12(17)15(2)7-9-5-4-6-18-9/h9H,4-7,13H2,1-3H3. The Morgan fingerprint density at radius 1 is 1.67 bits per heavy atom. The number of anilines is 1. The lowest BCUT2D eigenvalue weighted by atomic mass is 10.2. The molecule has 2 N–H and O–H groups in total. The fourth-order valence-electron chi connectivity index (χ4n) is 2.29. The molecule has 6 nitrogen and oxygen atoms in total. The van der Waals surface area contributed by atoms with Gasteiger partial charge in [0, 0.05) is 27.2 Å². The van der Waals surface area contributed by atoms with Gasteiger partial charge >= 0.3 is 0 Å². The van der Waals surface area contributed by atoms with Gasteiger partial charge in [-0.15, -0.1) is 0 Å². The van der Waals surface area contributed by atoms with Crippen LogP contribution in [0.25, 0.3) is 0 Å². The Hall–Kier alpha value is -1.56. The van der Waals surface area contributed by atoms with E-state index in [1.807, 2.05) is 0 Å². The summed E-state index contributed by atoms with van der Waals surface area (Å²) in [4.78, 5) is 14.0. The third-order valence-electron chi connectivity index (χ3n) is 3.32. The first kappa shape index (κ1) is 12.9. The van der Waals surface area contributed by atoms with Crippen LogP contribution in [0.1, 0.15) is 29.0 Å². The lowest BCUT2D eigenvalue weighted by Gasteiger charge is -2.21. The molecule has 100 valence electrons. The van der Waals surface area contributed by atoms with Crippen LogP contribution in [0.4, 0.5) is 5.69 Å². The van der Waals surface area contributed by atoms with E-state index in [9.17, 15) is 4.79 Å². The van der Waals surface area contributed by atoms with Crippen LogP contribution >= 0.6 is 0 Å². The molecule has 1 saturated heterocycles. The van der Waals surface area contributed by atoms with E-state index in [2.05, 4.69) is 5.10 Å². The van der Waals surface area contributed by atoms with E-state index in [-0.39, 0.29) is 12.0 Å². The van der Waals surface area contributed by atoms with Gasteiger partial charge < -0.3 is 15.4 Å². The summed E-state index contributed by atoms with van der Waals surface area (Å²) < 4.78 is 7.07. The Morgan fingerprint density at radius 3 is 2.89 bits per heavy atom. The minimum atomic E-state index is -0.105. The first-order chi connectivity index (χ1) is 8.50. The summed E-state index contributed by atoms with van der Waals surface area (Å²) in [5.74, 6) is -0.105. The van der Waals surface area contributed by atoms with Crippen molar-refractivity contribution < 1.29 is 9.53 Å².